The van der Waals surface area contributed by atoms with E-state index in [1.807, 2.05) is 36.4 Å². The molecule has 2 aromatic rings. The Morgan fingerprint density at radius 1 is 1.00 bits per heavy atom. The molecule has 3 rings (SSSR count). The van der Waals surface area contributed by atoms with Crippen molar-refractivity contribution in [3.05, 3.63) is 69.2 Å². The van der Waals surface area contributed by atoms with Gasteiger partial charge in [-0.05, 0) is 41.0 Å². The fourth-order valence-electron chi connectivity index (χ4n) is 2.69. The van der Waals surface area contributed by atoms with Crippen LogP contribution >= 0.6 is 23.2 Å². The van der Waals surface area contributed by atoms with Crippen molar-refractivity contribution >= 4 is 29.1 Å². The summed E-state index contributed by atoms with van der Waals surface area (Å²) in [5.41, 5.74) is 8.89. The number of amides is 1. The Labute approximate surface area is 133 Å². The molecule has 2 atom stereocenters. The molecule has 1 amide bonds. The molecule has 2 aromatic carbocycles. The second-order valence-electron chi connectivity index (χ2n) is 5.10. The van der Waals surface area contributed by atoms with Gasteiger partial charge in [0.05, 0.1) is 0 Å². The maximum absolute atomic E-state index is 12.0. The molecule has 1 aliphatic heterocycles. The topological polar surface area (TPSA) is 55.1 Å². The molecule has 0 aliphatic carbocycles. The van der Waals surface area contributed by atoms with Crippen LogP contribution in [0.5, 0.6) is 0 Å². The van der Waals surface area contributed by atoms with Gasteiger partial charge in [0.25, 0.3) is 0 Å². The number of carbonyl (C=O) groups excluding carboxylic acids is 1. The molecule has 5 heteroatoms. The molecule has 0 bridgehead atoms. The molecule has 0 aromatic heterocycles. The predicted octanol–water partition coefficient (Wildman–Crippen LogP) is 3.25. The summed E-state index contributed by atoms with van der Waals surface area (Å²) in [6.07, 6.45) is 0. The number of nitrogens with one attached hydrogen (secondary N) is 1. The van der Waals surface area contributed by atoms with E-state index in [1.54, 1.807) is 6.07 Å². The third-order valence-electron chi connectivity index (χ3n) is 3.79. The quantitative estimate of drug-likeness (QED) is 0.847. The van der Waals surface area contributed by atoms with Gasteiger partial charge < -0.3 is 11.1 Å². The van der Waals surface area contributed by atoms with Crippen LogP contribution in [0.1, 0.15) is 28.7 Å². The van der Waals surface area contributed by atoms with Crippen molar-refractivity contribution < 1.29 is 4.79 Å². The summed E-state index contributed by atoms with van der Waals surface area (Å²) in [7, 11) is 0. The monoisotopic (exact) mass is 320 g/mol. The lowest BCUT2D eigenvalue weighted by Crippen LogP contribution is -2.33. The first-order valence-electron chi connectivity index (χ1n) is 6.64. The number of halogens is 2. The summed E-state index contributed by atoms with van der Waals surface area (Å²) >= 11 is 12.1. The molecular weight excluding hydrogens is 307 g/mol. The van der Waals surface area contributed by atoms with Crippen molar-refractivity contribution in [2.75, 3.05) is 6.54 Å². The Bertz CT molecular complexity index is 685. The van der Waals surface area contributed by atoms with Gasteiger partial charge in [0.1, 0.15) is 6.04 Å². The summed E-state index contributed by atoms with van der Waals surface area (Å²) in [6.45, 7) is 0.488. The highest BCUT2D eigenvalue weighted by molar-refractivity contribution is 6.31. The maximum Gasteiger partial charge on any atom is 0.241 e. The van der Waals surface area contributed by atoms with E-state index < -0.39 is 6.04 Å². The van der Waals surface area contributed by atoms with Gasteiger partial charge in [-0.25, -0.2) is 0 Å². The Balaban J connectivity index is 2.13. The van der Waals surface area contributed by atoms with Crippen LogP contribution in [0.4, 0.5) is 0 Å². The number of benzene rings is 2. The van der Waals surface area contributed by atoms with E-state index in [1.165, 1.54) is 0 Å². The molecule has 108 valence electrons. The molecule has 0 fully saturated rings. The van der Waals surface area contributed by atoms with Crippen molar-refractivity contribution in [3.8, 4) is 0 Å². The first-order chi connectivity index (χ1) is 10.1. The zero-order valence-electron chi connectivity index (χ0n) is 11.1. The summed E-state index contributed by atoms with van der Waals surface area (Å²) in [4.78, 5) is 12.0. The first kappa shape index (κ1) is 14.4. The molecule has 2 unspecified atom stereocenters. The van der Waals surface area contributed by atoms with Gasteiger partial charge >= 0.3 is 0 Å². The van der Waals surface area contributed by atoms with E-state index in [0.29, 0.717) is 16.6 Å². The van der Waals surface area contributed by atoms with Gasteiger partial charge in [-0.1, -0.05) is 41.4 Å². The Kier molecular flexibility index (Phi) is 3.89. The van der Waals surface area contributed by atoms with Crippen molar-refractivity contribution in [1.29, 1.82) is 0 Å². The second kappa shape index (κ2) is 5.68. The predicted molar refractivity (Wildman–Crippen MR) is 84.7 cm³/mol. The fraction of sp³-hybridized carbons (Fsp3) is 0.188. The van der Waals surface area contributed by atoms with Crippen LogP contribution in [0.3, 0.4) is 0 Å². The van der Waals surface area contributed by atoms with Crippen LogP contribution in [0.25, 0.3) is 0 Å². The summed E-state index contributed by atoms with van der Waals surface area (Å²) in [5.74, 6) is -0.163. The number of fused-ring (bicyclic) bond motifs is 1. The lowest BCUT2D eigenvalue weighted by molar-refractivity contribution is -0.122. The lowest BCUT2D eigenvalue weighted by Gasteiger charge is -2.19. The third kappa shape index (κ3) is 2.77. The normalized spacial score (nSPS) is 21.4. The minimum absolute atomic E-state index is 0.00784. The Morgan fingerprint density at radius 3 is 2.38 bits per heavy atom. The largest absolute Gasteiger partial charge is 0.353 e. The van der Waals surface area contributed by atoms with E-state index in [2.05, 4.69) is 5.32 Å². The number of carbonyl (C=O) groups is 1. The maximum atomic E-state index is 12.0. The SMILES string of the molecule is NC1C(=O)NCC(c2ccc(Cl)cc2)c2cc(Cl)ccc21. The molecule has 1 aliphatic rings. The van der Waals surface area contributed by atoms with Gasteiger partial charge in [-0.3, -0.25) is 4.79 Å². The third-order valence-corrected chi connectivity index (χ3v) is 4.28. The zero-order chi connectivity index (χ0) is 15.0. The Hall–Kier alpha value is -1.55. The minimum Gasteiger partial charge on any atom is -0.353 e. The van der Waals surface area contributed by atoms with E-state index in [0.717, 1.165) is 16.7 Å². The van der Waals surface area contributed by atoms with Crippen LogP contribution in [-0.2, 0) is 4.79 Å². The summed E-state index contributed by atoms with van der Waals surface area (Å²) in [5, 5.41) is 4.20. The number of hydrogen-bond acceptors (Lipinski definition) is 2. The molecule has 0 saturated carbocycles. The molecule has 1 heterocycles. The van der Waals surface area contributed by atoms with Gasteiger partial charge in [-0.2, -0.15) is 0 Å². The number of hydrogen-bond donors (Lipinski definition) is 2. The van der Waals surface area contributed by atoms with Gasteiger partial charge in [0.2, 0.25) is 5.91 Å². The van der Waals surface area contributed by atoms with Crippen LogP contribution in [0, 0.1) is 0 Å². The summed E-state index contributed by atoms with van der Waals surface area (Å²) < 4.78 is 0. The Morgan fingerprint density at radius 2 is 1.67 bits per heavy atom. The van der Waals surface area contributed by atoms with Crippen molar-refractivity contribution in [1.82, 2.24) is 5.32 Å². The van der Waals surface area contributed by atoms with Gasteiger partial charge in [0, 0.05) is 22.5 Å². The van der Waals surface area contributed by atoms with Gasteiger partial charge in [0.15, 0.2) is 0 Å². The average molecular weight is 321 g/mol. The average Bonchev–Trinajstić information content (AvgIpc) is 2.59. The summed E-state index contributed by atoms with van der Waals surface area (Å²) in [6, 6.07) is 12.4. The molecule has 3 nitrogen and oxygen atoms in total. The van der Waals surface area contributed by atoms with Crippen molar-refractivity contribution in [2.24, 2.45) is 5.73 Å². The standard InChI is InChI=1S/C16H14Cl2N2O/c17-10-3-1-9(2-4-10)14-8-20-16(21)15(19)12-6-5-11(18)7-13(12)14/h1-7,14-15H,8,19H2,(H,20,21). The highest BCUT2D eigenvalue weighted by Gasteiger charge is 2.28. The molecule has 3 N–H and O–H groups in total. The smallest absolute Gasteiger partial charge is 0.241 e. The molecule has 0 spiro atoms. The molecule has 21 heavy (non-hydrogen) atoms. The number of rotatable bonds is 1. The van der Waals surface area contributed by atoms with E-state index in [-0.39, 0.29) is 11.8 Å². The van der Waals surface area contributed by atoms with Gasteiger partial charge in [-0.15, -0.1) is 0 Å². The number of nitrogens with two attached hydrogens (primary N) is 1. The minimum atomic E-state index is -0.672. The van der Waals surface area contributed by atoms with Crippen molar-refractivity contribution in [3.63, 3.8) is 0 Å². The van der Waals surface area contributed by atoms with Crippen molar-refractivity contribution in [2.45, 2.75) is 12.0 Å². The molecule has 0 radical (unpaired) electrons. The molecule has 0 saturated heterocycles. The van der Waals surface area contributed by atoms with Crippen LogP contribution in [0.15, 0.2) is 42.5 Å². The first-order valence-corrected chi connectivity index (χ1v) is 7.40. The highest BCUT2D eigenvalue weighted by Crippen LogP contribution is 2.34. The van der Waals surface area contributed by atoms with E-state index in [9.17, 15) is 4.79 Å². The lowest BCUT2D eigenvalue weighted by atomic mass is 9.87. The van der Waals surface area contributed by atoms with Crippen LogP contribution in [-0.4, -0.2) is 12.5 Å². The highest BCUT2D eigenvalue weighted by atomic mass is 35.5. The van der Waals surface area contributed by atoms with E-state index in [4.69, 9.17) is 28.9 Å². The second-order valence-corrected chi connectivity index (χ2v) is 5.97. The van der Waals surface area contributed by atoms with E-state index >= 15 is 0 Å². The van der Waals surface area contributed by atoms with Crippen LogP contribution < -0.4 is 11.1 Å². The zero-order valence-corrected chi connectivity index (χ0v) is 12.7. The molecular formula is C16H14Cl2N2O. The fourth-order valence-corrected chi connectivity index (χ4v) is 2.99. The van der Waals surface area contributed by atoms with Crippen LogP contribution in [0.2, 0.25) is 10.0 Å².